The third kappa shape index (κ3) is 4.42. The number of amides is 1. The first-order chi connectivity index (χ1) is 8.34. The highest BCUT2D eigenvalue weighted by Gasteiger charge is 2.16. The Bertz CT molecular complexity index is 393. The molecule has 4 heteroatoms. The van der Waals surface area contributed by atoms with Gasteiger partial charge in [-0.2, -0.15) is 0 Å². The molecule has 0 spiro atoms. The summed E-state index contributed by atoms with van der Waals surface area (Å²) in [6.45, 7) is 11.9. The van der Waals surface area contributed by atoms with Crippen LogP contribution in [-0.4, -0.2) is 18.5 Å². The van der Waals surface area contributed by atoms with Crippen molar-refractivity contribution in [3.8, 4) is 0 Å². The van der Waals surface area contributed by atoms with E-state index in [0.29, 0.717) is 6.54 Å². The third-order valence-electron chi connectivity index (χ3n) is 2.73. The molecule has 1 heterocycles. The molecule has 1 amide bonds. The van der Waals surface area contributed by atoms with Crippen molar-refractivity contribution in [3.63, 3.8) is 0 Å². The first-order valence-electron chi connectivity index (χ1n) is 6.45. The summed E-state index contributed by atoms with van der Waals surface area (Å²) in [6, 6.07) is 4.17. The minimum absolute atomic E-state index is 0.0603. The lowest BCUT2D eigenvalue weighted by Gasteiger charge is -2.15. The Balaban J connectivity index is 2.49. The second-order valence-electron chi connectivity index (χ2n) is 5.51. The summed E-state index contributed by atoms with van der Waals surface area (Å²) in [4.78, 5) is 14.2. The summed E-state index contributed by atoms with van der Waals surface area (Å²) in [5, 5.41) is 6.06. The van der Waals surface area contributed by atoms with Gasteiger partial charge in [0.15, 0.2) is 0 Å². The maximum Gasteiger partial charge on any atom is 0.236 e. The first-order valence-corrected chi connectivity index (χ1v) is 7.26. The number of carbonyl (C=O) groups is 1. The molecule has 1 unspecified atom stereocenters. The van der Waals surface area contributed by atoms with E-state index >= 15 is 0 Å². The molecule has 1 aromatic heterocycles. The van der Waals surface area contributed by atoms with Gasteiger partial charge in [0.1, 0.15) is 0 Å². The Kier molecular flexibility index (Phi) is 5.35. The Morgan fingerprint density at radius 1 is 1.39 bits per heavy atom. The van der Waals surface area contributed by atoms with Crippen LogP contribution in [-0.2, 0) is 16.8 Å². The fraction of sp³-hybridized carbons (Fsp3) is 0.643. The van der Waals surface area contributed by atoms with Gasteiger partial charge in [0.2, 0.25) is 5.91 Å². The highest BCUT2D eigenvalue weighted by molar-refractivity contribution is 7.12. The number of hydrogen-bond donors (Lipinski definition) is 2. The van der Waals surface area contributed by atoms with E-state index in [2.05, 4.69) is 43.5 Å². The van der Waals surface area contributed by atoms with Gasteiger partial charge >= 0.3 is 0 Å². The van der Waals surface area contributed by atoms with Crippen LogP contribution in [0.15, 0.2) is 12.1 Å². The molecule has 0 radical (unpaired) electrons. The van der Waals surface area contributed by atoms with Crippen LogP contribution in [0, 0.1) is 0 Å². The monoisotopic (exact) mass is 268 g/mol. The van der Waals surface area contributed by atoms with Crippen molar-refractivity contribution in [1.82, 2.24) is 10.6 Å². The lowest BCUT2D eigenvalue weighted by atomic mass is 9.95. The largest absolute Gasteiger partial charge is 0.355 e. The van der Waals surface area contributed by atoms with E-state index in [1.807, 2.05) is 25.2 Å². The van der Waals surface area contributed by atoms with Gasteiger partial charge in [-0.15, -0.1) is 11.3 Å². The van der Waals surface area contributed by atoms with Crippen molar-refractivity contribution in [2.24, 2.45) is 0 Å². The predicted octanol–water partition coefficient (Wildman–Crippen LogP) is 2.66. The summed E-state index contributed by atoms with van der Waals surface area (Å²) >= 11 is 1.81. The molecule has 0 aliphatic heterocycles. The van der Waals surface area contributed by atoms with Gasteiger partial charge in [0.05, 0.1) is 6.04 Å². The Morgan fingerprint density at radius 2 is 2.06 bits per heavy atom. The molecule has 18 heavy (non-hydrogen) atoms. The fourth-order valence-corrected chi connectivity index (χ4v) is 2.57. The van der Waals surface area contributed by atoms with Crippen LogP contribution in [0.2, 0.25) is 0 Å². The lowest BCUT2D eigenvalue weighted by molar-refractivity contribution is -0.122. The molecule has 0 fully saturated rings. The van der Waals surface area contributed by atoms with Crippen molar-refractivity contribution in [1.29, 1.82) is 0 Å². The number of thiophene rings is 1. The van der Waals surface area contributed by atoms with Gasteiger partial charge in [0.25, 0.3) is 0 Å². The molecule has 1 aromatic rings. The summed E-state index contributed by atoms with van der Waals surface area (Å²) in [5.74, 6) is 0.0603. The van der Waals surface area contributed by atoms with E-state index in [-0.39, 0.29) is 17.4 Å². The van der Waals surface area contributed by atoms with Crippen LogP contribution < -0.4 is 10.6 Å². The molecule has 0 aliphatic rings. The molecular formula is C14H24N2OS. The molecule has 0 aliphatic carbocycles. The number of hydrogen-bond acceptors (Lipinski definition) is 3. The van der Waals surface area contributed by atoms with Crippen LogP contribution >= 0.6 is 11.3 Å². The van der Waals surface area contributed by atoms with Crippen molar-refractivity contribution < 1.29 is 4.79 Å². The Labute approximate surface area is 114 Å². The van der Waals surface area contributed by atoms with Gasteiger partial charge in [-0.3, -0.25) is 4.79 Å². The topological polar surface area (TPSA) is 41.1 Å². The van der Waals surface area contributed by atoms with E-state index in [1.54, 1.807) is 0 Å². The van der Waals surface area contributed by atoms with Crippen LogP contribution in [0.4, 0.5) is 0 Å². The molecular weight excluding hydrogens is 244 g/mol. The van der Waals surface area contributed by atoms with Crippen LogP contribution in [0.25, 0.3) is 0 Å². The molecule has 0 saturated heterocycles. The van der Waals surface area contributed by atoms with Gasteiger partial charge < -0.3 is 10.6 Å². The fourth-order valence-electron chi connectivity index (χ4n) is 1.55. The molecule has 0 aromatic carbocycles. The van der Waals surface area contributed by atoms with E-state index in [9.17, 15) is 4.79 Å². The molecule has 102 valence electrons. The molecule has 3 nitrogen and oxygen atoms in total. The average Bonchev–Trinajstić information content (AvgIpc) is 2.74. The van der Waals surface area contributed by atoms with E-state index in [0.717, 1.165) is 6.54 Å². The zero-order valence-electron chi connectivity index (χ0n) is 12.0. The smallest absolute Gasteiger partial charge is 0.236 e. The summed E-state index contributed by atoms with van der Waals surface area (Å²) < 4.78 is 0. The first kappa shape index (κ1) is 15.2. The van der Waals surface area contributed by atoms with Gasteiger partial charge in [0, 0.05) is 22.8 Å². The molecule has 1 atom stereocenters. The van der Waals surface area contributed by atoms with Crippen molar-refractivity contribution in [2.75, 3.05) is 6.54 Å². The number of likely N-dealkylation sites (N-methyl/N-ethyl adjacent to an activating group) is 1. The molecule has 2 N–H and O–H groups in total. The number of rotatable bonds is 5. The maximum absolute atomic E-state index is 11.6. The van der Waals surface area contributed by atoms with E-state index in [1.165, 1.54) is 9.75 Å². The van der Waals surface area contributed by atoms with Crippen LogP contribution in [0.1, 0.15) is 44.4 Å². The zero-order chi connectivity index (χ0) is 13.8. The maximum atomic E-state index is 11.6. The van der Waals surface area contributed by atoms with Gasteiger partial charge in [-0.05, 0) is 31.4 Å². The van der Waals surface area contributed by atoms with Gasteiger partial charge in [-0.25, -0.2) is 0 Å². The number of carbonyl (C=O) groups excluding carboxylic acids is 1. The molecule has 0 saturated carbocycles. The SMILES string of the molecule is CCNC(=O)C(C)NCc1ccc(C(C)(C)C)s1. The minimum Gasteiger partial charge on any atom is -0.355 e. The molecule has 0 bridgehead atoms. The van der Waals surface area contributed by atoms with Crippen LogP contribution in [0.3, 0.4) is 0 Å². The third-order valence-corrected chi connectivity index (χ3v) is 4.24. The quantitative estimate of drug-likeness (QED) is 0.862. The summed E-state index contributed by atoms with van der Waals surface area (Å²) in [7, 11) is 0. The highest BCUT2D eigenvalue weighted by Crippen LogP contribution is 2.29. The normalized spacial score (nSPS) is 13.4. The van der Waals surface area contributed by atoms with Crippen molar-refractivity contribution in [3.05, 3.63) is 21.9 Å². The van der Waals surface area contributed by atoms with Crippen molar-refractivity contribution >= 4 is 17.2 Å². The van der Waals surface area contributed by atoms with Gasteiger partial charge in [-0.1, -0.05) is 20.8 Å². The van der Waals surface area contributed by atoms with E-state index in [4.69, 9.17) is 0 Å². The Hall–Kier alpha value is -0.870. The standard InChI is InChI=1S/C14H24N2OS/c1-6-15-13(17)10(2)16-9-11-7-8-12(18-11)14(3,4)5/h7-8,10,16H,6,9H2,1-5H3,(H,15,17). The van der Waals surface area contributed by atoms with Crippen molar-refractivity contribution in [2.45, 2.75) is 52.6 Å². The predicted molar refractivity (Wildman–Crippen MR) is 78.0 cm³/mol. The summed E-state index contributed by atoms with van der Waals surface area (Å²) in [6.07, 6.45) is 0. The minimum atomic E-state index is -0.148. The lowest BCUT2D eigenvalue weighted by Crippen LogP contribution is -2.41. The van der Waals surface area contributed by atoms with Crippen LogP contribution in [0.5, 0.6) is 0 Å². The second kappa shape index (κ2) is 6.34. The van der Waals surface area contributed by atoms with E-state index < -0.39 is 0 Å². The summed E-state index contributed by atoms with van der Waals surface area (Å²) in [5.41, 5.74) is 0.202. The Morgan fingerprint density at radius 3 is 2.56 bits per heavy atom. The number of nitrogens with one attached hydrogen (secondary N) is 2. The highest BCUT2D eigenvalue weighted by atomic mass is 32.1. The average molecular weight is 268 g/mol. The second-order valence-corrected chi connectivity index (χ2v) is 6.68. The zero-order valence-corrected chi connectivity index (χ0v) is 12.8. The molecule has 1 rings (SSSR count).